The molecule has 0 atom stereocenters. The highest BCUT2D eigenvalue weighted by molar-refractivity contribution is 5.89. The predicted octanol–water partition coefficient (Wildman–Crippen LogP) is 3.71. The minimum Gasteiger partial charge on any atom is -0.308 e. The van der Waals surface area contributed by atoms with Crippen LogP contribution in [0.2, 0.25) is 0 Å². The van der Waals surface area contributed by atoms with Crippen LogP contribution in [0.25, 0.3) is 0 Å². The molecule has 0 aliphatic rings. The Morgan fingerprint density at radius 2 is 1.63 bits per heavy atom. The smallest absolute Gasteiger partial charge is 0.282 e. The number of aromatic nitrogens is 4. The Morgan fingerprint density at radius 3 is 2.20 bits per heavy atom. The molecule has 0 unspecified atom stereocenters. The molecule has 1 N–H and O–H groups in total. The number of nitrogens with zero attached hydrogens (tertiary/aromatic N) is 4. The molecule has 2 aromatic heterocycles. The van der Waals surface area contributed by atoms with E-state index in [1.54, 1.807) is 0 Å². The molecule has 3 rings (SSSR count). The van der Waals surface area contributed by atoms with Crippen molar-refractivity contribution in [2.45, 2.75) is 26.4 Å². The average molecular weight is 435 g/mol. The van der Waals surface area contributed by atoms with E-state index in [1.165, 1.54) is 13.0 Å². The second-order valence-electron chi connectivity index (χ2n) is 6.16. The summed E-state index contributed by atoms with van der Waals surface area (Å²) >= 11 is 0. The number of hydrogen-bond donors (Lipinski definition) is 1. The Bertz CT molecular complexity index is 1080. The van der Waals surface area contributed by atoms with Crippen LogP contribution in [0, 0.1) is 36.0 Å². The first kappa shape index (κ1) is 21.3. The molecule has 1 aromatic carbocycles. The second-order valence-corrected chi connectivity index (χ2v) is 6.16. The number of hydrogen-bond acceptors (Lipinski definition) is 3. The molecule has 0 saturated carbocycles. The average Bonchev–Trinajstić information content (AvgIpc) is 3.28. The van der Waals surface area contributed by atoms with E-state index < -0.39 is 65.8 Å². The number of nitrogens with one attached hydrogen (secondary N) is 1. The standard InChI is InChI=1S/C17H12F7N5O/c1-7-4-9(17(23)24)26-29(7)6-11(30)25-10-2-3-28(27-10)5-8-12(18)14(20)16(22)15(21)13(8)19/h2-4,17H,5-6H2,1H3,(H,25,27,30). The number of aryl methyl sites for hydroxylation is 1. The molecular weight excluding hydrogens is 423 g/mol. The lowest BCUT2D eigenvalue weighted by Crippen LogP contribution is -2.21. The van der Waals surface area contributed by atoms with Crippen molar-refractivity contribution in [3.05, 3.63) is 64.4 Å². The Hall–Kier alpha value is -3.38. The van der Waals surface area contributed by atoms with Gasteiger partial charge < -0.3 is 5.32 Å². The highest BCUT2D eigenvalue weighted by atomic mass is 19.3. The maximum atomic E-state index is 13.7. The van der Waals surface area contributed by atoms with Crippen molar-refractivity contribution in [3.8, 4) is 0 Å². The second kappa shape index (κ2) is 8.16. The Kier molecular flexibility index (Phi) is 5.80. The molecule has 0 fully saturated rings. The number of benzene rings is 1. The van der Waals surface area contributed by atoms with E-state index in [9.17, 15) is 35.5 Å². The van der Waals surface area contributed by atoms with Crippen molar-refractivity contribution in [1.29, 1.82) is 0 Å². The number of halogens is 7. The van der Waals surface area contributed by atoms with Crippen LogP contribution in [-0.2, 0) is 17.9 Å². The van der Waals surface area contributed by atoms with Gasteiger partial charge in [-0.1, -0.05) is 0 Å². The number of rotatable bonds is 6. The Balaban J connectivity index is 1.71. The monoisotopic (exact) mass is 435 g/mol. The molecule has 3 aromatic rings. The van der Waals surface area contributed by atoms with Gasteiger partial charge in [-0.3, -0.25) is 14.2 Å². The molecule has 160 valence electrons. The van der Waals surface area contributed by atoms with Crippen molar-refractivity contribution in [2.75, 3.05) is 5.32 Å². The maximum Gasteiger partial charge on any atom is 0.282 e. The van der Waals surface area contributed by atoms with Crippen LogP contribution < -0.4 is 5.32 Å². The minimum atomic E-state index is -2.80. The summed E-state index contributed by atoms with van der Waals surface area (Å²) in [5.41, 5.74) is -1.27. The van der Waals surface area contributed by atoms with Crippen molar-refractivity contribution < 1.29 is 35.5 Å². The summed E-state index contributed by atoms with van der Waals surface area (Å²) in [6, 6.07) is 2.33. The third-order valence-electron chi connectivity index (χ3n) is 4.05. The van der Waals surface area contributed by atoms with Gasteiger partial charge in [-0.25, -0.2) is 30.7 Å². The molecular formula is C17H12F7N5O. The molecule has 0 spiro atoms. The quantitative estimate of drug-likeness (QED) is 0.365. The van der Waals surface area contributed by atoms with E-state index in [-0.39, 0.29) is 5.82 Å². The van der Waals surface area contributed by atoms with Gasteiger partial charge in [0.2, 0.25) is 11.7 Å². The lowest BCUT2D eigenvalue weighted by Gasteiger charge is -2.08. The molecule has 30 heavy (non-hydrogen) atoms. The number of anilines is 1. The van der Waals surface area contributed by atoms with Crippen LogP contribution in [0.4, 0.5) is 36.6 Å². The van der Waals surface area contributed by atoms with Crippen LogP contribution in [0.5, 0.6) is 0 Å². The van der Waals surface area contributed by atoms with Crippen LogP contribution in [0.1, 0.15) is 23.4 Å². The molecule has 0 aliphatic heterocycles. The van der Waals surface area contributed by atoms with Gasteiger partial charge in [0.25, 0.3) is 6.43 Å². The maximum absolute atomic E-state index is 13.7. The van der Waals surface area contributed by atoms with Gasteiger partial charge in [-0.2, -0.15) is 10.2 Å². The lowest BCUT2D eigenvalue weighted by molar-refractivity contribution is -0.117. The summed E-state index contributed by atoms with van der Waals surface area (Å²) in [6.45, 7) is 0.270. The van der Waals surface area contributed by atoms with E-state index in [1.807, 2.05) is 0 Å². The highest BCUT2D eigenvalue weighted by Gasteiger charge is 2.26. The van der Waals surface area contributed by atoms with Gasteiger partial charge in [0, 0.05) is 18.0 Å². The van der Waals surface area contributed by atoms with Gasteiger partial charge in [0.15, 0.2) is 29.1 Å². The topological polar surface area (TPSA) is 64.7 Å². The number of amides is 1. The van der Waals surface area contributed by atoms with E-state index in [0.29, 0.717) is 5.69 Å². The van der Waals surface area contributed by atoms with E-state index in [0.717, 1.165) is 21.6 Å². The fourth-order valence-corrected chi connectivity index (χ4v) is 2.59. The molecule has 1 amide bonds. The van der Waals surface area contributed by atoms with Crippen molar-refractivity contribution in [3.63, 3.8) is 0 Å². The molecule has 6 nitrogen and oxygen atoms in total. The fourth-order valence-electron chi connectivity index (χ4n) is 2.59. The third kappa shape index (κ3) is 4.14. The zero-order valence-electron chi connectivity index (χ0n) is 15.1. The largest absolute Gasteiger partial charge is 0.308 e. The summed E-state index contributed by atoms with van der Waals surface area (Å²) in [5.74, 6) is -11.2. The zero-order chi connectivity index (χ0) is 22.2. The molecule has 0 radical (unpaired) electrons. The summed E-state index contributed by atoms with van der Waals surface area (Å²) in [5, 5.41) is 9.67. The zero-order valence-corrected chi connectivity index (χ0v) is 15.1. The Morgan fingerprint density at radius 1 is 1.03 bits per heavy atom. The van der Waals surface area contributed by atoms with Gasteiger partial charge in [-0.15, -0.1) is 0 Å². The normalized spacial score (nSPS) is 11.4. The number of alkyl halides is 2. The fraction of sp³-hybridized carbons (Fsp3) is 0.235. The first-order valence-electron chi connectivity index (χ1n) is 8.24. The van der Waals surface area contributed by atoms with E-state index in [2.05, 4.69) is 15.5 Å². The van der Waals surface area contributed by atoms with Crippen LogP contribution >= 0.6 is 0 Å². The molecule has 0 aliphatic carbocycles. The van der Waals surface area contributed by atoms with Crippen molar-refractivity contribution in [1.82, 2.24) is 19.6 Å². The summed E-state index contributed by atoms with van der Waals surface area (Å²) in [4.78, 5) is 12.0. The van der Waals surface area contributed by atoms with Gasteiger partial charge >= 0.3 is 0 Å². The highest BCUT2D eigenvalue weighted by Crippen LogP contribution is 2.24. The van der Waals surface area contributed by atoms with Gasteiger partial charge in [-0.05, 0) is 13.0 Å². The summed E-state index contributed by atoms with van der Waals surface area (Å²) in [6.07, 6.45) is -1.66. The summed E-state index contributed by atoms with van der Waals surface area (Å²) < 4.78 is 94.3. The van der Waals surface area contributed by atoms with Crippen LogP contribution in [-0.4, -0.2) is 25.5 Å². The van der Waals surface area contributed by atoms with Crippen molar-refractivity contribution >= 4 is 11.7 Å². The molecule has 0 saturated heterocycles. The van der Waals surface area contributed by atoms with Crippen molar-refractivity contribution in [2.24, 2.45) is 0 Å². The summed E-state index contributed by atoms with van der Waals surface area (Å²) in [7, 11) is 0. The van der Waals surface area contributed by atoms with Gasteiger partial charge in [0.1, 0.15) is 12.2 Å². The van der Waals surface area contributed by atoms with Crippen LogP contribution in [0.15, 0.2) is 18.3 Å². The molecule has 13 heteroatoms. The number of carbonyl (C=O) groups is 1. The van der Waals surface area contributed by atoms with E-state index >= 15 is 0 Å². The Labute approximate surface area is 163 Å². The predicted molar refractivity (Wildman–Crippen MR) is 88.1 cm³/mol. The first-order chi connectivity index (χ1) is 14.1. The number of carbonyl (C=O) groups excluding carboxylic acids is 1. The molecule has 0 bridgehead atoms. The lowest BCUT2D eigenvalue weighted by atomic mass is 10.1. The first-order valence-corrected chi connectivity index (χ1v) is 8.24. The van der Waals surface area contributed by atoms with E-state index in [4.69, 9.17) is 0 Å². The van der Waals surface area contributed by atoms with Gasteiger partial charge in [0.05, 0.1) is 12.1 Å². The minimum absolute atomic E-state index is 0.0947. The third-order valence-corrected chi connectivity index (χ3v) is 4.05. The van der Waals surface area contributed by atoms with Crippen LogP contribution in [0.3, 0.4) is 0 Å². The molecule has 2 heterocycles. The SMILES string of the molecule is Cc1cc(C(F)F)nn1CC(=O)Nc1ccn(Cc2c(F)c(F)c(F)c(F)c2F)n1.